The summed E-state index contributed by atoms with van der Waals surface area (Å²) in [5.74, 6) is 2.24. The van der Waals surface area contributed by atoms with E-state index >= 15 is 0 Å². The van der Waals surface area contributed by atoms with Crippen molar-refractivity contribution >= 4 is 11.6 Å². The molecular weight excluding hydrogens is 272 g/mol. The van der Waals surface area contributed by atoms with Crippen LogP contribution in [0.5, 0.6) is 0 Å². The smallest absolute Gasteiger partial charge is 0.158 e. The van der Waals surface area contributed by atoms with E-state index in [-0.39, 0.29) is 0 Å². The lowest BCUT2D eigenvalue weighted by atomic mass is 10.4. The molecule has 0 unspecified atom stereocenters. The van der Waals surface area contributed by atoms with Crippen molar-refractivity contribution in [2.24, 2.45) is 0 Å². The second-order valence-electron chi connectivity index (χ2n) is 4.33. The Morgan fingerprint density at radius 1 is 1.10 bits per heavy atom. The van der Waals surface area contributed by atoms with Gasteiger partial charge in [0.15, 0.2) is 5.82 Å². The predicted octanol–water partition coefficient (Wildman–Crippen LogP) is 1.52. The Bertz CT molecular complexity index is 390. The lowest BCUT2D eigenvalue weighted by Gasteiger charge is -2.10. The first-order valence-corrected chi connectivity index (χ1v) is 7.24. The van der Waals surface area contributed by atoms with Gasteiger partial charge in [0.2, 0.25) is 0 Å². The fraction of sp³-hybridized carbons (Fsp3) is 0.714. The molecule has 0 fully saturated rings. The lowest BCUT2D eigenvalue weighted by Crippen LogP contribution is -2.11. The van der Waals surface area contributed by atoms with Gasteiger partial charge in [-0.3, -0.25) is 0 Å². The Hall–Kier alpha value is -1.44. The monoisotopic (exact) mass is 298 g/mol. The van der Waals surface area contributed by atoms with Crippen LogP contribution in [0.2, 0.25) is 0 Å². The summed E-state index contributed by atoms with van der Waals surface area (Å²) < 4.78 is 15.7. The molecule has 1 heterocycles. The Balaban J connectivity index is 2.35. The average Bonchev–Trinajstić information content (AvgIpc) is 2.51. The third kappa shape index (κ3) is 7.79. The highest BCUT2D eigenvalue weighted by atomic mass is 16.5. The molecule has 2 N–H and O–H groups in total. The minimum Gasteiger partial charge on any atom is -0.382 e. The molecule has 0 aliphatic heterocycles. The first kappa shape index (κ1) is 17.6. The van der Waals surface area contributed by atoms with Gasteiger partial charge in [-0.05, 0) is 13.3 Å². The van der Waals surface area contributed by atoms with Crippen LogP contribution in [0.1, 0.15) is 19.2 Å². The van der Waals surface area contributed by atoms with Crippen molar-refractivity contribution in [3.05, 3.63) is 11.9 Å². The van der Waals surface area contributed by atoms with Crippen molar-refractivity contribution < 1.29 is 14.2 Å². The molecule has 7 heteroatoms. The Labute approximate surface area is 126 Å². The molecule has 0 aliphatic rings. The van der Waals surface area contributed by atoms with Crippen LogP contribution in [0.3, 0.4) is 0 Å². The van der Waals surface area contributed by atoms with Gasteiger partial charge in [-0.1, -0.05) is 0 Å². The maximum Gasteiger partial charge on any atom is 0.158 e. The van der Waals surface area contributed by atoms with Crippen LogP contribution in [0.15, 0.2) is 6.07 Å². The van der Waals surface area contributed by atoms with Crippen molar-refractivity contribution in [2.75, 3.05) is 57.8 Å². The summed E-state index contributed by atoms with van der Waals surface area (Å²) in [6.45, 7) is 5.77. The van der Waals surface area contributed by atoms with Gasteiger partial charge in [0.1, 0.15) is 18.2 Å². The Morgan fingerprint density at radius 2 is 1.90 bits per heavy atom. The van der Waals surface area contributed by atoms with E-state index in [9.17, 15) is 0 Å². The zero-order chi connectivity index (χ0) is 15.3. The Kier molecular flexibility index (Phi) is 9.43. The molecule has 1 aromatic rings. The number of aromatic nitrogens is 2. The number of hydrogen-bond acceptors (Lipinski definition) is 7. The number of hydrogen-bond donors (Lipinski definition) is 2. The summed E-state index contributed by atoms with van der Waals surface area (Å²) in [5.41, 5.74) is 0. The van der Waals surface area contributed by atoms with Gasteiger partial charge in [0.25, 0.3) is 0 Å². The molecule has 0 atom stereocenters. The molecule has 120 valence electrons. The van der Waals surface area contributed by atoms with E-state index in [0.29, 0.717) is 38.9 Å². The van der Waals surface area contributed by atoms with Gasteiger partial charge >= 0.3 is 0 Å². The lowest BCUT2D eigenvalue weighted by molar-refractivity contribution is 0.0705. The van der Waals surface area contributed by atoms with Gasteiger partial charge in [0, 0.05) is 40.0 Å². The van der Waals surface area contributed by atoms with Crippen LogP contribution in [0, 0.1) is 0 Å². The van der Waals surface area contributed by atoms with Crippen LogP contribution in [0.25, 0.3) is 0 Å². The maximum absolute atomic E-state index is 5.40. The second kappa shape index (κ2) is 11.2. The van der Waals surface area contributed by atoms with Gasteiger partial charge < -0.3 is 24.8 Å². The van der Waals surface area contributed by atoms with Crippen molar-refractivity contribution in [1.82, 2.24) is 9.97 Å². The topological polar surface area (TPSA) is 77.5 Å². The zero-order valence-corrected chi connectivity index (χ0v) is 13.1. The van der Waals surface area contributed by atoms with E-state index in [1.54, 1.807) is 7.11 Å². The normalized spacial score (nSPS) is 10.6. The van der Waals surface area contributed by atoms with Crippen molar-refractivity contribution in [2.45, 2.75) is 20.0 Å². The molecule has 0 amide bonds. The van der Waals surface area contributed by atoms with Gasteiger partial charge in [0.05, 0.1) is 13.2 Å². The standard InChI is InChI=1S/C14H26N4O3/c1-4-20-11-14-17-12(15-2)10-13(18-14)16-6-5-7-21-9-8-19-3/h10H,4-9,11H2,1-3H3,(H2,15,16,17,18). The largest absolute Gasteiger partial charge is 0.382 e. The first-order chi connectivity index (χ1) is 10.3. The quantitative estimate of drug-likeness (QED) is 0.566. The predicted molar refractivity (Wildman–Crippen MR) is 82.7 cm³/mol. The van der Waals surface area contributed by atoms with Gasteiger partial charge in [-0.25, -0.2) is 9.97 Å². The molecule has 0 spiro atoms. The molecule has 0 saturated carbocycles. The van der Waals surface area contributed by atoms with E-state index in [1.165, 1.54) is 0 Å². The number of ether oxygens (including phenoxy) is 3. The third-order valence-electron chi connectivity index (χ3n) is 2.67. The molecule has 7 nitrogen and oxygen atoms in total. The second-order valence-corrected chi connectivity index (χ2v) is 4.33. The molecule has 0 bridgehead atoms. The molecule has 1 aromatic heterocycles. The van der Waals surface area contributed by atoms with E-state index in [4.69, 9.17) is 14.2 Å². The highest BCUT2D eigenvalue weighted by Gasteiger charge is 2.03. The molecule has 21 heavy (non-hydrogen) atoms. The molecular formula is C14H26N4O3. The summed E-state index contributed by atoms with van der Waals surface area (Å²) in [6.07, 6.45) is 0.906. The van der Waals surface area contributed by atoms with Gasteiger partial charge in [-0.2, -0.15) is 0 Å². The average molecular weight is 298 g/mol. The molecule has 1 rings (SSSR count). The van der Waals surface area contributed by atoms with Crippen LogP contribution in [-0.2, 0) is 20.8 Å². The van der Waals surface area contributed by atoms with Crippen molar-refractivity contribution in [1.29, 1.82) is 0 Å². The summed E-state index contributed by atoms with van der Waals surface area (Å²) >= 11 is 0. The number of nitrogens with zero attached hydrogens (tertiary/aromatic N) is 2. The van der Waals surface area contributed by atoms with E-state index < -0.39 is 0 Å². The number of nitrogens with one attached hydrogen (secondary N) is 2. The fourth-order valence-corrected chi connectivity index (χ4v) is 1.61. The highest BCUT2D eigenvalue weighted by Crippen LogP contribution is 2.11. The van der Waals surface area contributed by atoms with E-state index in [1.807, 2.05) is 20.0 Å². The highest BCUT2D eigenvalue weighted by molar-refractivity contribution is 5.47. The van der Waals surface area contributed by atoms with Crippen LogP contribution in [0.4, 0.5) is 11.6 Å². The number of methoxy groups -OCH3 is 1. The van der Waals surface area contributed by atoms with E-state index in [0.717, 1.165) is 24.6 Å². The van der Waals surface area contributed by atoms with Crippen LogP contribution in [-0.4, -0.2) is 57.1 Å². The molecule has 0 radical (unpaired) electrons. The number of anilines is 2. The summed E-state index contributed by atoms with van der Waals surface area (Å²) in [4.78, 5) is 8.76. The molecule has 0 aliphatic carbocycles. The van der Waals surface area contributed by atoms with Crippen molar-refractivity contribution in [3.63, 3.8) is 0 Å². The van der Waals surface area contributed by atoms with Crippen LogP contribution >= 0.6 is 0 Å². The van der Waals surface area contributed by atoms with Gasteiger partial charge in [-0.15, -0.1) is 0 Å². The zero-order valence-electron chi connectivity index (χ0n) is 13.1. The third-order valence-corrected chi connectivity index (χ3v) is 2.67. The fourth-order valence-electron chi connectivity index (χ4n) is 1.61. The minimum absolute atomic E-state index is 0.417. The van der Waals surface area contributed by atoms with Crippen LogP contribution < -0.4 is 10.6 Å². The number of rotatable bonds is 12. The molecule has 0 aromatic carbocycles. The first-order valence-electron chi connectivity index (χ1n) is 7.24. The summed E-state index contributed by atoms with van der Waals surface area (Å²) in [6, 6.07) is 1.88. The van der Waals surface area contributed by atoms with E-state index in [2.05, 4.69) is 20.6 Å². The van der Waals surface area contributed by atoms with Crippen molar-refractivity contribution in [3.8, 4) is 0 Å². The Morgan fingerprint density at radius 3 is 2.62 bits per heavy atom. The minimum atomic E-state index is 0.417. The molecule has 0 saturated heterocycles. The summed E-state index contributed by atoms with van der Waals surface area (Å²) in [7, 11) is 3.50. The summed E-state index contributed by atoms with van der Waals surface area (Å²) in [5, 5.41) is 6.29. The maximum atomic E-state index is 5.40. The SMILES string of the molecule is CCOCc1nc(NC)cc(NCCCOCCOC)n1.